The van der Waals surface area contributed by atoms with Gasteiger partial charge in [0.2, 0.25) is 0 Å². The van der Waals surface area contributed by atoms with E-state index in [0.29, 0.717) is 33.0 Å². The molecule has 0 saturated carbocycles. The van der Waals surface area contributed by atoms with Crippen LogP contribution in [0.2, 0.25) is 0 Å². The molecule has 0 radical (unpaired) electrons. The summed E-state index contributed by atoms with van der Waals surface area (Å²) in [6.45, 7) is 8.29. The van der Waals surface area contributed by atoms with Crippen molar-refractivity contribution in [1.29, 1.82) is 0 Å². The Morgan fingerprint density at radius 1 is 1.11 bits per heavy atom. The molecule has 8 heteroatoms. The number of aromatic nitrogens is 1. The second-order valence-corrected chi connectivity index (χ2v) is 9.88. The van der Waals surface area contributed by atoms with E-state index in [2.05, 4.69) is 18.5 Å². The number of hydrogen-bond acceptors (Lipinski definition) is 7. The maximum absolute atomic E-state index is 13.7. The summed E-state index contributed by atoms with van der Waals surface area (Å²) in [5.41, 5.74) is 2.23. The van der Waals surface area contributed by atoms with E-state index in [-0.39, 0.29) is 12.2 Å². The van der Waals surface area contributed by atoms with Gasteiger partial charge < -0.3 is 14.2 Å². The normalized spacial score (nSPS) is 15.0. The average molecular weight is 533 g/mol. The zero-order chi connectivity index (χ0) is 27.1. The summed E-state index contributed by atoms with van der Waals surface area (Å²) in [6, 6.07) is 14.3. The van der Waals surface area contributed by atoms with Crippen molar-refractivity contribution in [3.8, 4) is 11.5 Å². The van der Waals surface area contributed by atoms with Crippen molar-refractivity contribution >= 4 is 23.4 Å². The number of carbonyl (C=O) groups excluding carboxylic acids is 1. The highest BCUT2D eigenvalue weighted by molar-refractivity contribution is 7.07. The number of fused-ring (bicyclic) bond motifs is 1. The summed E-state index contributed by atoms with van der Waals surface area (Å²) in [4.78, 5) is 32.0. The molecule has 1 aliphatic heterocycles. The third kappa shape index (κ3) is 5.97. The number of benzene rings is 2. The first-order valence-corrected chi connectivity index (χ1v) is 13.5. The summed E-state index contributed by atoms with van der Waals surface area (Å²) in [6.07, 6.45) is 6.66. The molecule has 0 N–H and O–H groups in total. The molecule has 198 valence electrons. The van der Waals surface area contributed by atoms with Crippen LogP contribution in [0.4, 0.5) is 0 Å². The Morgan fingerprint density at radius 2 is 1.82 bits per heavy atom. The number of methoxy groups -OCH3 is 1. The number of carbonyl (C=O) groups is 1. The molecule has 0 unspecified atom stereocenters. The molecule has 1 aromatic heterocycles. The smallest absolute Gasteiger partial charge is 0.338 e. The van der Waals surface area contributed by atoms with E-state index in [1.165, 1.54) is 17.4 Å². The van der Waals surface area contributed by atoms with Crippen molar-refractivity contribution in [3.05, 3.63) is 103 Å². The van der Waals surface area contributed by atoms with Gasteiger partial charge in [-0.15, -0.1) is 0 Å². The van der Waals surface area contributed by atoms with Crippen LogP contribution in [-0.2, 0) is 9.53 Å². The SMILES string of the molecule is C=CCOC(=O)C1=C(C)N=c2s/c(=C/c3ccc(OCCCCC)cc3)c(=O)n2[C@H]1c1ccc(OC)cc1. The number of unbranched alkanes of at least 4 members (excludes halogenated alkanes) is 2. The van der Waals surface area contributed by atoms with Crippen LogP contribution in [0.25, 0.3) is 6.08 Å². The zero-order valence-corrected chi connectivity index (χ0v) is 22.8. The first kappa shape index (κ1) is 27.1. The predicted molar refractivity (Wildman–Crippen MR) is 149 cm³/mol. The van der Waals surface area contributed by atoms with Crippen molar-refractivity contribution in [2.45, 2.75) is 39.2 Å². The van der Waals surface area contributed by atoms with E-state index >= 15 is 0 Å². The van der Waals surface area contributed by atoms with Crippen molar-refractivity contribution < 1.29 is 19.0 Å². The largest absolute Gasteiger partial charge is 0.497 e. The highest BCUT2D eigenvalue weighted by Gasteiger charge is 2.33. The molecule has 4 rings (SSSR count). The minimum atomic E-state index is -0.685. The van der Waals surface area contributed by atoms with Crippen LogP contribution >= 0.6 is 11.3 Å². The maximum atomic E-state index is 13.7. The minimum absolute atomic E-state index is 0.0632. The van der Waals surface area contributed by atoms with Crippen LogP contribution in [0.1, 0.15) is 50.3 Å². The number of rotatable bonds is 11. The minimum Gasteiger partial charge on any atom is -0.497 e. The summed E-state index contributed by atoms with van der Waals surface area (Å²) < 4.78 is 18.6. The van der Waals surface area contributed by atoms with Gasteiger partial charge in [-0.3, -0.25) is 9.36 Å². The number of nitrogens with zero attached hydrogens (tertiary/aromatic N) is 2. The quantitative estimate of drug-likeness (QED) is 0.206. The van der Waals surface area contributed by atoms with Gasteiger partial charge in [0.15, 0.2) is 4.80 Å². The Hall–Kier alpha value is -3.91. The topological polar surface area (TPSA) is 79.1 Å². The van der Waals surface area contributed by atoms with Gasteiger partial charge in [0.05, 0.1) is 35.6 Å². The van der Waals surface area contributed by atoms with E-state index in [0.717, 1.165) is 36.1 Å². The van der Waals surface area contributed by atoms with E-state index in [1.54, 1.807) is 30.7 Å². The molecule has 0 aliphatic carbocycles. The molecule has 3 aromatic rings. The van der Waals surface area contributed by atoms with E-state index in [4.69, 9.17) is 14.2 Å². The van der Waals surface area contributed by atoms with Crippen molar-refractivity contribution in [2.75, 3.05) is 20.3 Å². The van der Waals surface area contributed by atoms with Crippen LogP contribution in [0.15, 0.2) is 82.2 Å². The molecule has 38 heavy (non-hydrogen) atoms. The number of hydrogen-bond donors (Lipinski definition) is 0. The molecule has 0 saturated heterocycles. The molecule has 0 spiro atoms. The lowest BCUT2D eigenvalue weighted by Crippen LogP contribution is -2.39. The predicted octanol–water partition coefficient (Wildman–Crippen LogP) is 4.54. The van der Waals surface area contributed by atoms with Gasteiger partial charge in [-0.05, 0) is 54.8 Å². The number of esters is 1. The first-order chi connectivity index (χ1) is 18.5. The molecule has 2 heterocycles. The van der Waals surface area contributed by atoms with Gasteiger partial charge in [-0.2, -0.15) is 0 Å². The van der Waals surface area contributed by atoms with Crippen molar-refractivity contribution in [2.24, 2.45) is 4.99 Å². The lowest BCUT2D eigenvalue weighted by Gasteiger charge is -2.24. The average Bonchev–Trinajstić information content (AvgIpc) is 3.23. The van der Waals surface area contributed by atoms with Gasteiger partial charge in [-0.25, -0.2) is 9.79 Å². The molecule has 0 fully saturated rings. The van der Waals surface area contributed by atoms with Crippen LogP contribution in [0.3, 0.4) is 0 Å². The summed E-state index contributed by atoms with van der Waals surface area (Å²) in [5.74, 6) is 0.948. The van der Waals surface area contributed by atoms with Crippen LogP contribution in [-0.4, -0.2) is 30.9 Å². The Morgan fingerprint density at radius 3 is 2.47 bits per heavy atom. The Bertz CT molecular complexity index is 1500. The molecule has 7 nitrogen and oxygen atoms in total. The fourth-order valence-corrected chi connectivity index (χ4v) is 5.30. The standard InChI is InChI=1S/C30H32N2O5S/c1-5-7-8-18-36-24-13-9-21(10-14-24)19-25-28(33)32-27(22-11-15-23(35-4)16-12-22)26(29(34)37-17-6-2)20(3)31-30(32)38-25/h6,9-16,19,27H,2,5,7-8,17-18H2,1,3-4H3/b25-19+/t27-/m0/s1. The molecule has 2 aromatic carbocycles. The number of ether oxygens (including phenoxy) is 3. The number of thiazole rings is 1. The first-order valence-electron chi connectivity index (χ1n) is 12.6. The van der Waals surface area contributed by atoms with Gasteiger partial charge in [0.1, 0.15) is 18.1 Å². The summed E-state index contributed by atoms with van der Waals surface area (Å²) >= 11 is 1.29. The van der Waals surface area contributed by atoms with Gasteiger partial charge >= 0.3 is 5.97 Å². The van der Waals surface area contributed by atoms with Crippen LogP contribution in [0, 0.1) is 0 Å². The van der Waals surface area contributed by atoms with Crippen molar-refractivity contribution in [3.63, 3.8) is 0 Å². The highest BCUT2D eigenvalue weighted by atomic mass is 32.1. The fraction of sp³-hybridized carbons (Fsp3) is 0.300. The second kappa shape index (κ2) is 12.6. The Kier molecular flexibility index (Phi) is 8.97. The van der Waals surface area contributed by atoms with Gasteiger partial charge in [0.25, 0.3) is 5.56 Å². The van der Waals surface area contributed by atoms with Crippen LogP contribution < -0.4 is 24.4 Å². The third-order valence-electron chi connectivity index (χ3n) is 6.20. The van der Waals surface area contributed by atoms with Crippen LogP contribution in [0.5, 0.6) is 11.5 Å². The van der Waals surface area contributed by atoms with E-state index in [9.17, 15) is 9.59 Å². The van der Waals surface area contributed by atoms with Crippen molar-refractivity contribution in [1.82, 2.24) is 4.57 Å². The Labute approximate surface area is 226 Å². The number of allylic oxidation sites excluding steroid dienone is 1. The molecular weight excluding hydrogens is 500 g/mol. The molecular formula is C30H32N2O5S. The molecule has 1 aliphatic rings. The lowest BCUT2D eigenvalue weighted by atomic mass is 9.96. The molecule has 0 amide bonds. The van der Waals surface area contributed by atoms with E-state index in [1.807, 2.05) is 42.5 Å². The fourth-order valence-electron chi connectivity index (χ4n) is 4.25. The lowest BCUT2D eigenvalue weighted by molar-refractivity contribution is -0.138. The van der Waals surface area contributed by atoms with E-state index < -0.39 is 12.0 Å². The zero-order valence-electron chi connectivity index (χ0n) is 21.9. The monoisotopic (exact) mass is 532 g/mol. The summed E-state index contributed by atoms with van der Waals surface area (Å²) in [7, 11) is 1.59. The Balaban J connectivity index is 1.74. The highest BCUT2D eigenvalue weighted by Crippen LogP contribution is 2.31. The maximum Gasteiger partial charge on any atom is 0.338 e. The van der Waals surface area contributed by atoms with Gasteiger partial charge in [-0.1, -0.05) is 68.0 Å². The second-order valence-electron chi connectivity index (χ2n) is 8.87. The molecule has 1 atom stereocenters. The van der Waals surface area contributed by atoms with Gasteiger partial charge in [0, 0.05) is 0 Å². The summed E-state index contributed by atoms with van der Waals surface area (Å²) in [5, 5.41) is 0. The third-order valence-corrected chi connectivity index (χ3v) is 7.18. The molecule has 0 bridgehead atoms.